The lowest BCUT2D eigenvalue weighted by Gasteiger charge is -2.10. The van der Waals surface area contributed by atoms with Gasteiger partial charge in [-0.2, -0.15) is 8.75 Å². The molecule has 7 nitrogen and oxygen atoms in total. The zero-order chi connectivity index (χ0) is 21.0. The van der Waals surface area contributed by atoms with Crippen molar-refractivity contribution in [2.45, 2.75) is 5.16 Å². The van der Waals surface area contributed by atoms with Gasteiger partial charge < -0.3 is 5.32 Å². The molecule has 2 aromatic heterocycles. The predicted octanol–water partition coefficient (Wildman–Crippen LogP) is 4.67. The van der Waals surface area contributed by atoms with Crippen LogP contribution in [0.4, 0.5) is 5.69 Å². The number of aromatic nitrogens is 5. The van der Waals surface area contributed by atoms with Crippen molar-refractivity contribution in [2.24, 2.45) is 0 Å². The van der Waals surface area contributed by atoms with Crippen molar-refractivity contribution < 1.29 is 4.79 Å². The largest absolute Gasteiger partial charge is 0.323 e. The second-order valence-corrected chi connectivity index (χ2v) is 8.09. The number of hydrogen-bond donors (Lipinski definition) is 1. The maximum atomic E-state index is 12.6. The van der Waals surface area contributed by atoms with Gasteiger partial charge >= 0.3 is 0 Å². The second kappa shape index (κ2) is 8.66. The van der Waals surface area contributed by atoms with Crippen molar-refractivity contribution in [1.29, 1.82) is 0 Å². The van der Waals surface area contributed by atoms with Crippen LogP contribution in [0.2, 0.25) is 0 Å². The summed E-state index contributed by atoms with van der Waals surface area (Å²) in [6, 6.07) is 25.3. The maximum absolute atomic E-state index is 12.6. The second-order valence-electron chi connectivity index (χ2n) is 6.62. The number of carbonyl (C=O) groups excluding carboxylic acids is 1. The Balaban J connectivity index is 1.40. The number of anilines is 1. The number of benzene rings is 3. The average molecular weight is 445 g/mol. The molecule has 1 amide bonds. The van der Waals surface area contributed by atoms with E-state index in [-0.39, 0.29) is 11.7 Å². The van der Waals surface area contributed by atoms with Gasteiger partial charge in [-0.25, -0.2) is 0 Å². The van der Waals surface area contributed by atoms with Crippen LogP contribution in [0.3, 0.4) is 0 Å². The Morgan fingerprint density at radius 3 is 2.48 bits per heavy atom. The molecule has 0 atom stereocenters. The zero-order valence-electron chi connectivity index (χ0n) is 16.2. The zero-order valence-corrected chi connectivity index (χ0v) is 17.8. The van der Waals surface area contributed by atoms with E-state index < -0.39 is 0 Å². The molecule has 152 valence electrons. The Kier molecular flexibility index (Phi) is 5.42. The number of nitrogens with zero attached hydrogens (tertiary/aromatic N) is 5. The molecule has 2 heterocycles. The maximum Gasteiger partial charge on any atom is 0.234 e. The van der Waals surface area contributed by atoms with Crippen molar-refractivity contribution in [3.63, 3.8) is 0 Å². The lowest BCUT2D eigenvalue weighted by atomic mass is 10.2. The van der Waals surface area contributed by atoms with Crippen LogP contribution < -0.4 is 5.32 Å². The van der Waals surface area contributed by atoms with E-state index in [2.05, 4.69) is 24.3 Å². The third-order valence-electron chi connectivity index (χ3n) is 4.57. The molecule has 0 aliphatic rings. The number of carbonyl (C=O) groups is 1. The van der Waals surface area contributed by atoms with Crippen LogP contribution in [0, 0.1) is 0 Å². The highest BCUT2D eigenvalue weighted by Crippen LogP contribution is 2.28. The molecule has 0 saturated carbocycles. The average Bonchev–Trinajstić information content (AvgIpc) is 3.47. The molecule has 5 rings (SSSR count). The number of rotatable bonds is 6. The number of hydrogen-bond acceptors (Lipinski definition) is 7. The molecule has 5 aromatic rings. The molecule has 0 unspecified atom stereocenters. The first kappa shape index (κ1) is 19.4. The van der Waals surface area contributed by atoms with E-state index in [9.17, 15) is 4.79 Å². The molecule has 0 radical (unpaired) electrons. The quantitative estimate of drug-likeness (QED) is 0.383. The van der Waals surface area contributed by atoms with Crippen molar-refractivity contribution in [1.82, 2.24) is 23.5 Å². The summed E-state index contributed by atoms with van der Waals surface area (Å²) in [5, 5.41) is 12.3. The van der Waals surface area contributed by atoms with Crippen LogP contribution in [0.15, 0.2) is 84.0 Å². The summed E-state index contributed by atoms with van der Waals surface area (Å²) in [7, 11) is 0. The summed E-state index contributed by atoms with van der Waals surface area (Å²) in [5.74, 6) is 0.774. The minimum atomic E-state index is -0.144. The van der Waals surface area contributed by atoms with Gasteiger partial charge in [0.1, 0.15) is 11.0 Å². The lowest BCUT2D eigenvalue weighted by Crippen LogP contribution is -2.15. The number of para-hydroxylation sites is 1. The molecular weight excluding hydrogens is 428 g/mol. The van der Waals surface area contributed by atoms with E-state index >= 15 is 0 Å². The van der Waals surface area contributed by atoms with Gasteiger partial charge in [-0.15, -0.1) is 10.2 Å². The van der Waals surface area contributed by atoms with Crippen molar-refractivity contribution in [2.75, 3.05) is 11.1 Å². The molecule has 1 N–H and O–H groups in total. The third-order valence-corrected chi connectivity index (χ3v) is 6.04. The van der Waals surface area contributed by atoms with Crippen LogP contribution in [0.1, 0.15) is 0 Å². The van der Waals surface area contributed by atoms with Crippen LogP contribution in [-0.2, 0) is 4.79 Å². The first-order valence-electron chi connectivity index (χ1n) is 9.50. The fraction of sp³-hybridized carbons (Fsp3) is 0.0455. The first-order chi connectivity index (χ1) is 15.3. The van der Waals surface area contributed by atoms with Gasteiger partial charge in [-0.05, 0) is 24.3 Å². The molecule has 0 aliphatic heterocycles. The molecule has 3 aromatic carbocycles. The summed E-state index contributed by atoms with van der Waals surface area (Å²) >= 11 is 2.46. The topological polar surface area (TPSA) is 85.6 Å². The summed E-state index contributed by atoms with van der Waals surface area (Å²) in [6.07, 6.45) is 0. The molecule has 31 heavy (non-hydrogen) atoms. The Hall–Kier alpha value is -3.56. The molecule has 0 saturated heterocycles. The number of fused-ring (bicyclic) bond motifs is 1. The molecule has 9 heteroatoms. The Bertz CT molecular complexity index is 1330. The Morgan fingerprint density at radius 1 is 0.903 bits per heavy atom. The minimum Gasteiger partial charge on any atom is -0.323 e. The van der Waals surface area contributed by atoms with E-state index in [0.717, 1.165) is 34.3 Å². The van der Waals surface area contributed by atoms with Crippen LogP contribution in [0.5, 0.6) is 0 Å². The standard InChI is InChI=1S/C22H16N6OS2/c29-19(23-17-12-7-13-18-20(17)27-31-26-18)14-30-22-25-24-21(15-8-3-1-4-9-15)28(22)16-10-5-2-6-11-16/h1-13H,14H2,(H,23,29). The van der Waals surface area contributed by atoms with Gasteiger partial charge in [0, 0.05) is 11.3 Å². The van der Waals surface area contributed by atoms with Crippen molar-refractivity contribution >= 4 is 46.1 Å². The summed E-state index contributed by atoms with van der Waals surface area (Å²) in [5.41, 5.74) is 4.02. The first-order valence-corrected chi connectivity index (χ1v) is 11.2. The molecule has 0 spiro atoms. The minimum absolute atomic E-state index is 0.144. The van der Waals surface area contributed by atoms with E-state index in [1.807, 2.05) is 83.4 Å². The number of amides is 1. The molecule has 0 bridgehead atoms. The van der Waals surface area contributed by atoms with E-state index in [4.69, 9.17) is 0 Å². The lowest BCUT2D eigenvalue weighted by molar-refractivity contribution is -0.113. The van der Waals surface area contributed by atoms with Crippen LogP contribution in [0.25, 0.3) is 28.1 Å². The van der Waals surface area contributed by atoms with Crippen molar-refractivity contribution in [3.05, 3.63) is 78.9 Å². The highest BCUT2D eigenvalue weighted by atomic mass is 32.2. The fourth-order valence-corrected chi connectivity index (χ4v) is 4.47. The predicted molar refractivity (Wildman–Crippen MR) is 124 cm³/mol. The summed E-state index contributed by atoms with van der Waals surface area (Å²) in [4.78, 5) is 12.6. The third kappa shape index (κ3) is 4.05. The van der Waals surface area contributed by atoms with Crippen LogP contribution >= 0.6 is 23.5 Å². The summed E-state index contributed by atoms with van der Waals surface area (Å²) < 4.78 is 10.4. The Morgan fingerprint density at radius 2 is 1.68 bits per heavy atom. The van der Waals surface area contributed by atoms with Gasteiger partial charge in [0.2, 0.25) is 5.91 Å². The highest BCUT2D eigenvalue weighted by Gasteiger charge is 2.17. The van der Waals surface area contributed by atoms with Crippen LogP contribution in [-0.4, -0.2) is 35.2 Å². The summed E-state index contributed by atoms with van der Waals surface area (Å²) in [6.45, 7) is 0. The normalized spacial score (nSPS) is 11.0. The van der Waals surface area contributed by atoms with Gasteiger partial charge in [0.25, 0.3) is 0 Å². The molecule has 0 fully saturated rings. The Labute approximate surface area is 186 Å². The van der Waals surface area contributed by atoms with Gasteiger partial charge in [-0.1, -0.05) is 66.4 Å². The van der Waals surface area contributed by atoms with E-state index in [0.29, 0.717) is 16.4 Å². The van der Waals surface area contributed by atoms with E-state index in [1.54, 1.807) is 0 Å². The van der Waals surface area contributed by atoms with Crippen molar-refractivity contribution in [3.8, 4) is 17.1 Å². The molecular formula is C22H16N6OS2. The monoisotopic (exact) mass is 444 g/mol. The number of nitrogens with one attached hydrogen (secondary N) is 1. The fourth-order valence-electron chi connectivity index (χ4n) is 3.17. The van der Waals surface area contributed by atoms with Gasteiger partial charge in [0.05, 0.1) is 23.2 Å². The molecule has 0 aliphatic carbocycles. The van der Waals surface area contributed by atoms with E-state index in [1.165, 1.54) is 11.8 Å². The smallest absolute Gasteiger partial charge is 0.234 e. The highest BCUT2D eigenvalue weighted by molar-refractivity contribution is 7.99. The van der Waals surface area contributed by atoms with Gasteiger partial charge in [-0.3, -0.25) is 9.36 Å². The van der Waals surface area contributed by atoms with Gasteiger partial charge in [0.15, 0.2) is 11.0 Å². The SMILES string of the molecule is O=C(CSc1nnc(-c2ccccc2)n1-c1ccccc1)Nc1cccc2nsnc12. The number of thioether (sulfide) groups is 1.